The van der Waals surface area contributed by atoms with E-state index >= 15 is 0 Å². The minimum Gasteiger partial charge on any atom is -0.383 e. The van der Waals surface area contributed by atoms with E-state index in [9.17, 15) is 0 Å². The molecule has 4 nitrogen and oxygen atoms in total. The molecule has 1 aromatic carbocycles. The molecule has 0 bridgehead atoms. The van der Waals surface area contributed by atoms with Crippen molar-refractivity contribution < 1.29 is 4.74 Å². The molecule has 0 aliphatic carbocycles. The zero-order valence-electron chi connectivity index (χ0n) is 9.56. The molecule has 5 heteroatoms. The van der Waals surface area contributed by atoms with Gasteiger partial charge in [-0.2, -0.15) is 10.2 Å². The van der Waals surface area contributed by atoms with E-state index < -0.39 is 0 Å². The summed E-state index contributed by atoms with van der Waals surface area (Å²) in [6.07, 6.45) is 1.71. The van der Waals surface area contributed by atoms with Crippen LogP contribution in [0.1, 0.15) is 0 Å². The van der Waals surface area contributed by atoms with E-state index in [0.29, 0.717) is 13.2 Å². The zero-order chi connectivity index (χ0) is 12.1. The van der Waals surface area contributed by atoms with Crippen LogP contribution in [0.4, 0.5) is 5.69 Å². The summed E-state index contributed by atoms with van der Waals surface area (Å²) in [6.45, 7) is 1.15. The number of benzene rings is 1. The number of nitrogens with one attached hydrogen (secondary N) is 1. The van der Waals surface area contributed by atoms with Crippen LogP contribution in [0.15, 0.2) is 30.5 Å². The first-order valence-electron chi connectivity index (χ1n) is 5.38. The number of fused-ring (bicyclic) bond motifs is 1. The van der Waals surface area contributed by atoms with Gasteiger partial charge in [-0.25, -0.2) is 0 Å². The van der Waals surface area contributed by atoms with Crippen LogP contribution in [0.5, 0.6) is 0 Å². The molecule has 17 heavy (non-hydrogen) atoms. The van der Waals surface area contributed by atoms with E-state index in [1.807, 2.05) is 24.3 Å². The third-order valence-corrected chi connectivity index (χ3v) is 2.69. The summed E-state index contributed by atoms with van der Waals surface area (Å²) in [7, 11) is 1.64. The van der Waals surface area contributed by atoms with E-state index in [4.69, 9.17) is 16.3 Å². The van der Waals surface area contributed by atoms with Gasteiger partial charge in [0.15, 0.2) is 0 Å². The number of methoxy groups -OCH3 is 1. The van der Waals surface area contributed by atoms with Crippen molar-refractivity contribution in [3.63, 3.8) is 0 Å². The van der Waals surface area contributed by atoms with Gasteiger partial charge in [-0.1, -0.05) is 18.2 Å². The Morgan fingerprint density at radius 3 is 3.06 bits per heavy atom. The summed E-state index contributed by atoms with van der Waals surface area (Å²) in [5, 5.41) is 12.2. The molecule has 90 valence electrons. The summed E-state index contributed by atoms with van der Waals surface area (Å²) in [4.78, 5) is 0. The second-order valence-electron chi connectivity index (χ2n) is 3.71. The number of hydrogen-bond acceptors (Lipinski definition) is 4. The molecule has 2 rings (SSSR count). The molecule has 0 amide bonds. The lowest BCUT2D eigenvalue weighted by atomic mass is 10.2. The highest BCUT2D eigenvalue weighted by Crippen LogP contribution is 2.19. The number of rotatable bonds is 5. The molecule has 0 saturated heterocycles. The first-order valence-corrected chi connectivity index (χ1v) is 5.82. The standard InChI is InChI=1S/C12H14ClN3O/c1-17-8-9(13)6-14-12-7-15-16-11-5-3-2-4-10(11)12/h2-5,7,9H,6,8H2,1H3,(H,14,16). The highest BCUT2D eigenvalue weighted by molar-refractivity contribution is 6.21. The van der Waals surface area contributed by atoms with Gasteiger partial charge in [0.05, 0.1) is 29.4 Å². The molecule has 1 atom stereocenters. The molecule has 0 fully saturated rings. The summed E-state index contributed by atoms with van der Waals surface area (Å²) in [6, 6.07) is 7.85. The Morgan fingerprint density at radius 2 is 2.24 bits per heavy atom. The second kappa shape index (κ2) is 5.80. The average Bonchev–Trinajstić information content (AvgIpc) is 2.36. The van der Waals surface area contributed by atoms with Crippen LogP contribution in [0.2, 0.25) is 0 Å². The zero-order valence-corrected chi connectivity index (χ0v) is 10.3. The van der Waals surface area contributed by atoms with Crippen molar-refractivity contribution in [2.45, 2.75) is 5.38 Å². The van der Waals surface area contributed by atoms with Gasteiger partial charge in [0.2, 0.25) is 0 Å². The first-order chi connectivity index (χ1) is 8.31. The highest BCUT2D eigenvalue weighted by atomic mass is 35.5. The van der Waals surface area contributed by atoms with Crippen molar-refractivity contribution in [2.24, 2.45) is 0 Å². The Labute approximate surface area is 105 Å². The number of aromatic nitrogens is 2. The molecule has 2 aromatic rings. The van der Waals surface area contributed by atoms with Crippen LogP contribution >= 0.6 is 11.6 Å². The quantitative estimate of drug-likeness (QED) is 0.829. The fraction of sp³-hybridized carbons (Fsp3) is 0.333. The van der Waals surface area contributed by atoms with Gasteiger partial charge in [0.1, 0.15) is 0 Å². The predicted octanol–water partition coefficient (Wildman–Crippen LogP) is 2.30. The van der Waals surface area contributed by atoms with Gasteiger partial charge in [-0.15, -0.1) is 11.6 Å². The number of ether oxygens (including phenoxy) is 1. The minimum atomic E-state index is -0.0630. The van der Waals surface area contributed by atoms with E-state index in [-0.39, 0.29) is 5.38 Å². The third-order valence-electron chi connectivity index (χ3n) is 2.41. The smallest absolute Gasteiger partial charge is 0.0950 e. The van der Waals surface area contributed by atoms with Crippen molar-refractivity contribution >= 4 is 28.2 Å². The molecule has 1 heterocycles. The number of anilines is 1. The van der Waals surface area contributed by atoms with Crippen LogP contribution in [0.25, 0.3) is 10.9 Å². The fourth-order valence-electron chi connectivity index (χ4n) is 1.61. The number of alkyl halides is 1. The van der Waals surface area contributed by atoms with Gasteiger partial charge >= 0.3 is 0 Å². The second-order valence-corrected chi connectivity index (χ2v) is 4.33. The Hall–Kier alpha value is -1.39. The topological polar surface area (TPSA) is 47.0 Å². The summed E-state index contributed by atoms with van der Waals surface area (Å²) >= 11 is 6.06. The highest BCUT2D eigenvalue weighted by Gasteiger charge is 2.06. The normalized spacial score (nSPS) is 12.6. The van der Waals surface area contributed by atoms with Gasteiger partial charge in [-0.3, -0.25) is 0 Å². The Kier molecular flexibility index (Phi) is 4.12. The van der Waals surface area contributed by atoms with Gasteiger partial charge in [0.25, 0.3) is 0 Å². The van der Waals surface area contributed by atoms with Gasteiger partial charge < -0.3 is 10.1 Å². The number of nitrogens with zero attached hydrogens (tertiary/aromatic N) is 2. The molecule has 0 aliphatic rings. The molecule has 1 N–H and O–H groups in total. The third kappa shape index (κ3) is 3.05. The SMILES string of the molecule is COCC(Cl)CNc1cnnc2ccccc12. The average molecular weight is 252 g/mol. The maximum absolute atomic E-state index is 6.06. The molecule has 0 radical (unpaired) electrons. The minimum absolute atomic E-state index is 0.0630. The molecule has 1 unspecified atom stereocenters. The van der Waals surface area contributed by atoms with E-state index in [1.54, 1.807) is 13.3 Å². The number of hydrogen-bond donors (Lipinski definition) is 1. The summed E-state index contributed by atoms with van der Waals surface area (Å²) < 4.78 is 4.98. The van der Waals surface area contributed by atoms with Crippen LogP contribution < -0.4 is 5.32 Å². The van der Waals surface area contributed by atoms with E-state index in [2.05, 4.69) is 15.5 Å². The van der Waals surface area contributed by atoms with Crippen LogP contribution in [-0.4, -0.2) is 35.8 Å². The van der Waals surface area contributed by atoms with Crippen LogP contribution in [0.3, 0.4) is 0 Å². The maximum Gasteiger partial charge on any atom is 0.0950 e. The maximum atomic E-state index is 6.06. The fourth-order valence-corrected chi connectivity index (χ4v) is 1.81. The van der Waals surface area contributed by atoms with Gasteiger partial charge in [0, 0.05) is 19.0 Å². The Morgan fingerprint density at radius 1 is 1.41 bits per heavy atom. The Balaban J connectivity index is 2.13. The van der Waals surface area contributed by atoms with Crippen molar-refractivity contribution in [1.29, 1.82) is 0 Å². The first kappa shape index (κ1) is 12.1. The van der Waals surface area contributed by atoms with E-state index in [1.165, 1.54) is 0 Å². The van der Waals surface area contributed by atoms with Crippen molar-refractivity contribution in [2.75, 3.05) is 25.6 Å². The van der Waals surface area contributed by atoms with E-state index in [0.717, 1.165) is 16.6 Å². The largest absolute Gasteiger partial charge is 0.383 e. The van der Waals surface area contributed by atoms with Crippen molar-refractivity contribution in [3.8, 4) is 0 Å². The lowest BCUT2D eigenvalue weighted by molar-refractivity contribution is 0.200. The lowest BCUT2D eigenvalue weighted by Crippen LogP contribution is -2.19. The number of halogens is 1. The summed E-state index contributed by atoms with van der Waals surface area (Å²) in [5.41, 5.74) is 1.81. The van der Waals surface area contributed by atoms with Crippen molar-refractivity contribution in [3.05, 3.63) is 30.5 Å². The van der Waals surface area contributed by atoms with Crippen molar-refractivity contribution in [1.82, 2.24) is 10.2 Å². The van der Waals surface area contributed by atoms with Crippen LogP contribution in [0, 0.1) is 0 Å². The van der Waals surface area contributed by atoms with Crippen LogP contribution in [-0.2, 0) is 4.74 Å². The molecule has 0 saturated carbocycles. The Bertz CT molecular complexity index is 487. The molecule has 1 aromatic heterocycles. The summed E-state index contributed by atoms with van der Waals surface area (Å²) in [5.74, 6) is 0. The monoisotopic (exact) mass is 251 g/mol. The molecular weight excluding hydrogens is 238 g/mol. The molecule has 0 aliphatic heterocycles. The predicted molar refractivity (Wildman–Crippen MR) is 69.5 cm³/mol. The molecule has 0 spiro atoms. The molecular formula is C12H14ClN3O. The van der Waals surface area contributed by atoms with Gasteiger partial charge in [-0.05, 0) is 6.07 Å². The lowest BCUT2D eigenvalue weighted by Gasteiger charge is -2.11.